The first-order chi connectivity index (χ1) is 7.25. The van der Waals surface area contributed by atoms with E-state index in [2.05, 4.69) is 11.9 Å². The van der Waals surface area contributed by atoms with Gasteiger partial charge in [0.05, 0.1) is 0 Å². The van der Waals surface area contributed by atoms with Crippen LogP contribution in [0.1, 0.15) is 22.5 Å². The molecule has 15 heavy (non-hydrogen) atoms. The third-order valence-corrected chi connectivity index (χ3v) is 3.43. The molecule has 2 heterocycles. The Hall–Kier alpha value is -0.870. The van der Waals surface area contributed by atoms with Crippen molar-refractivity contribution in [1.29, 1.82) is 0 Å². The Morgan fingerprint density at radius 3 is 3.20 bits per heavy atom. The van der Waals surface area contributed by atoms with Crippen molar-refractivity contribution in [1.82, 2.24) is 4.90 Å². The molecule has 2 rings (SSSR count). The zero-order chi connectivity index (χ0) is 10.7. The highest BCUT2D eigenvalue weighted by atomic mass is 32.1. The first-order valence-electron chi connectivity index (χ1n) is 5.19. The van der Waals surface area contributed by atoms with Crippen molar-refractivity contribution >= 4 is 17.3 Å². The lowest BCUT2D eigenvalue weighted by Gasteiger charge is -2.29. The highest BCUT2D eigenvalue weighted by molar-refractivity contribution is 7.11. The van der Waals surface area contributed by atoms with Gasteiger partial charge in [-0.3, -0.25) is 0 Å². The fourth-order valence-corrected chi connectivity index (χ4v) is 2.42. The maximum absolute atomic E-state index is 11.7. The van der Waals surface area contributed by atoms with Crippen LogP contribution in [-0.2, 0) is 4.74 Å². The van der Waals surface area contributed by atoms with Gasteiger partial charge in [0.25, 0.3) is 0 Å². The molecule has 4 heteroatoms. The van der Waals surface area contributed by atoms with Gasteiger partial charge >= 0.3 is 5.97 Å². The Kier molecular flexibility index (Phi) is 3.38. The van der Waals surface area contributed by atoms with Gasteiger partial charge in [-0.2, -0.15) is 0 Å². The molecule has 1 aliphatic heterocycles. The predicted molar refractivity (Wildman–Crippen MR) is 60.3 cm³/mol. The summed E-state index contributed by atoms with van der Waals surface area (Å²) in [5, 5.41) is 1.89. The molecule has 0 amide bonds. The Balaban J connectivity index is 1.89. The van der Waals surface area contributed by atoms with E-state index in [-0.39, 0.29) is 12.1 Å². The van der Waals surface area contributed by atoms with Gasteiger partial charge in [-0.15, -0.1) is 11.3 Å². The number of nitrogens with zero attached hydrogens (tertiary/aromatic N) is 1. The minimum absolute atomic E-state index is 0.0679. The van der Waals surface area contributed by atoms with Crippen molar-refractivity contribution < 1.29 is 9.53 Å². The maximum atomic E-state index is 11.7. The zero-order valence-corrected chi connectivity index (χ0v) is 9.63. The van der Waals surface area contributed by atoms with Gasteiger partial charge in [-0.1, -0.05) is 6.07 Å². The average molecular weight is 225 g/mol. The van der Waals surface area contributed by atoms with E-state index in [1.807, 2.05) is 11.4 Å². The normalized spacial score (nSPS) is 22.6. The van der Waals surface area contributed by atoms with Crippen molar-refractivity contribution in [3.8, 4) is 0 Å². The molecule has 0 bridgehead atoms. The van der Waals surface area contributed by atoms with Crippen LogP contribution in [0.3, 0.4) is 0 Å². The number of hydrogen-bond donors (Lipinski definition) is 0. The first kappa shape index (κ1) is 10.6. The molecule has 0 spiro atoms. The topological polar surface area (TPSA) is 29.5 Å². The van der Waals surface area contributed by atoms with Crippen LogP contribution in [0.15, 0.2) is 17.5 Å². The molecule has 1 unspecified atom stereocenters. The van der Waals surface area contributed by atoms with Crippen LogP contribution in [0.5, 0.6) is 0 Å². The molecule has 0 radical (unpaired) electrons. The second kappa shape index (κ2) is 4.77. The number of carbonyl (C=O) groups is 1. The summed E-state index contributed by atoms with van der Waals surface area (Å²) in [6, 6.07) is 3.67. The van der Waals surface area contributed by atoms with Gasteiger partial charge in [0.15, 0.2) is 0 Å². The van der Waals surface area contributed by atoms with E-state index >= 15 is 0 Å². The lowest BCUT2D eigenvalue weighted by Crippen LogP contribution is -2.38. The Bertz CT molecular complexity index is 323. The molecule has 1 aromatic heterocycles. The fraction of sp³-hybridized carbons (Fsp3) is 0.545. The number of rotatable bonds is 2. The second-order valence-electron chi connectivity index (χ2n) is 3.91. The van der Waals surface area contributed by atoms with Crippen LogP contribution in [0.25, 0.3) is 0 Å². The number of hydrogen-bond acceptors (Lipinski definition) is 4. The van der Waals surface area contributed by atoms with Crippen LogP contribution >= 0.6 is 11.3 Å². The molecule has 1 atom stereocenters. The summed E-state index contributed by atoms with van der Waals surface area (Å²) in [5.41, 5.74) is 0. The van der Waals surface area contributed by atoms with Crippen molar-refractivity contribution in [2.24, 2.45) is 0 Å². The lowest BCUT2D eigenvalue weighted by atomic mass is 10.1. The van der Waals surface area contributed by atoms with E-state index < -0.39 is 0 Å². The number of piperidine rings is 1. The summed E-state index contributed by atoms with van der Waals surface area (Å²) in [6.07, 6.45) is 2.17. The zero-order valence-electron chi connectivity index (χ0n) is 8.81. The Labute approximate surface area is 93.7 Å². The van der Waals surface area contributed by atoms with Gasteiger partial charge < -0.3 is 9.64 Å². The average Bonchev–Trinajstić information content (AvgIpc) is 2.70. The molecule has 82 valence electrons. The number of likely N-dealkylation sites (N-methyl/N-ethyl adjacent to an activating group) is 1. The fourth-order valence-electron chi connectivity index (χ4n) is 1.82. The largest absolute Gasteiger partial charge is 0.457 e. The summed E-state index contributed by atoms with van der Waals surface area (Å²) in [5.74, 6) is -0.176. The number of esters is 1. The molecule has 0 saturated carbocycles. The number of thiophene rings is 1. The molecular weight excluding hydrogens is 210 g/mol. The highest BCUT2D eigenvalue weighted by Gasteiger charge is 2.21. The van der Waals surface area contributed by atoms with Crippen LogP contribution in [0.4, 0.5) is 0 Å². The van der Waals surface area contributed by atoms with E-state index in [1.54, 1.807) is 6.07 Å². The number of carbonyl (C=O) groups excluding carboxylic acids is 1. The Morgan fingerprint density at radius 2 is 2.53 bits per heavy atom. The van der Waals surface area contributed by atoms with Crippen molar-refractivity contribution in [2.45, 2.75) is 18.9 Å². The van der Waals surface area contributed by atoms with E-state index in [4.69, 9.17) is 4.74 Å². The summed E-state index contributed by atoms with van der Waals surface area (Å²) < 4.78 is 5.44. The van der Waals surface area contributed by atoms with Crippen LogP contribution in [0, 0.1) is 0 Å². The standard InChI is InChI=1S/C11H15NO2S/c1-12-6-2-4-9(8-12)14-11(13)10-5-3-7-15-10/h3,5,7,9H,2,4,6,8H2,1H3. The molecular formula is C11H15NO2S. The van der Waals surface area contributed by atoms with Crippen molar-refractivity contribution in [2.75, 3.05) is 20.1 Å². The monoisotopic (exact) mass is 225 g/mol. The van der Waals surface area contributed by atoms with E-state index in [9.17, 15) is 4.79 Å². The highest BCUT2D eigenvalue weighted by Crippen LogP contribution is 2.16. The second-order valence-corrected chi connectivity index (χ2v) is 4.86. The molecule has 0 aliphatic carbocycles. The third-order valence-electron chi connectivity index (χ3n) is 2.58. The van der Waals surface area contributed by atoms with Gasteiger partial charge in [0.1, 0.15) is 11.0 Å². The maximum Gasteiger partial charge on any atom is 0.348 e. The van der Waals surface area contributed by atoms with Crippen molar-refractivity contribution in [3.05, 3.63) is 22.4 Å². The van der Waals surface area contributed by atoms with E-state index in [1.165, 1.54) is 11.3 Å². The number of ether oxygens (including phenoxy) is 1. The number of likely N-dealkylation sites (tertiary alicyclic amines) is 1. The summed E-state index contributed by atoms with van der Waals surface area (Å²) >= 11 is 1.43. The molecule has 1 saturated heterocycles. The molecule has 1 aliphatic rings. The SMILES string of the molecule is CN1CCCC(OC(=O)c2cccs2)C1. The van der Waals surface area contributed by atoms with Gasteiger partial charge in [0.2, 0.25) is 0 Å². The van der Waals surface area contributed by atoms with Gasteiger partial charge in [-0.25, -0.2) is 4.79 Å². The van der Waals surface area contributed by atoms with Crippen molar-refractivity contribution in [3.63, 3.8) is 0 Å². The van der Waals surface area contributed by atoms with Gasteiger partial charge in [-0.05, 0) is 37.9 Å². The predicted octanol–water partition coefficient (Wildman–Crippen LogP) is 2.00. The smallest absolute Gasteiger partial charge is 0.348 e. The lowest BCUT2D eigenvalue weighted by molar-refractivity contribution is 0.0114. The van der Waals surface area contributed by atoms with Crippen LogP contribution in [-0.4, -0.2) is 37.1 Å². The molecule has 1 fully saturated rings. The summed E-state index contributed by atoms with van der Waals surface area (Å²) in [6.45, 7) is 1.96. The van der Waals surface area contributed by atoms with Crippen LogP contribution in [0.2, 0.25) is 0 Å². The quantitative estimate of drug-likeness (QED) is 0.721. The Morgan fingerprint density at radius 1 is 1.67 bits per heavy atom. The molecule has 0 N–H and O–H groups in total. The van der Waals surface area contributed by atoms with Gasteiger partial charge in [0, 0.05) is 6.54 Å². The minimum Gasteiger partial charge on any atom is -0.457 e. The van der Waals surface area contributed by atoms with E-state index in [0.29, 0.717) is 4.88 Å². The summed E-state index contributed by atoms with van der Waals surface area (Å²) in [7, 11) is 2.06. The molecule has 1 aromatic rings. The summed E-state index contributed by atoms with van der Waals surface area (Å²) in [4.78, 5) is 14.6. The first-order valence-corrected chi connectivity index (χ1v) is 6.06. The minimum atomic E-state index is -0.176. The molecule has 0 aromatic carbocycles. The molecule has 3 nitrogen and oxygen atoms in total. The van der Waals surface area contributed by atoms with E-state index in [0.717, 1.165) is 25.9 Å². The van der Waals surface area contributed by atoms with Crippen LogP contribution < -0.4 is 0 Å². The third kappa shape index (κ3) is 2.79.